The second-order valence-electron chi connectivity index (χ2n) is 5.02. The van der Waals surface area contributed by atoms with Gasteiger partial charge in [-0.3, -0.25) is 0 Å². The molecule has 1 aromatic rings. The van der Waals surface area contributed by atoms with Gasteiger partial charge in [0.15, 0.2) is 5.82 Å². The van der Waals surface area contributed by atoms with E-state index in [0.717, 1.165) is 39.0 Å². The van der Waals surface area contributed by atoms with Crippen LogP contribution in [-0.2, 0) is 4.74 Å². The van der Waals surface area contributed by atoms with Crippen molar-refractivity contribution in [2.75, 3.05) is 30.3 Å². The molecule has 1 unspecified atom stereocenters. The third kappa shape index (κ3) is 3.39. The number of carboxylic acids is 1. The van der Waals surface area contributed by atoms with Crippen molar-refractivity contribution >= 4 is 17.5 Å². The zero-order chi connectivity index (χ0) is 14.5. The molecule has 1 aliphatic rings. The number of anilines is 2. The molecule has 1 saturated heterocycles. The van der Waals surface area contributed by atoms with E-state index in [1.807, 2.05) is 0 Å². The van der Waals surface area contributed by atoms with Crippen molar-refractivity contribution in [2.45, 2.75) is 32.3 Å². The van der Waals surface area contributed by atoms with E-state index in [-0.39, 0.29) is 11.7 Å². The van der Waals surface area contributed by atoms with Crippen LogP contribution in [0.4, 0.5) is 11.5 Å². The number of hydrogen-bond acceptors (Lipinski definition) is 5. The second-order valence-corrected chi connectivity index (χ2v) is 5.02. The molecule has 0 amide bonds. The van der Waals surface area contributed by atoms with Crippen molar-refractivity contribution < 1.29 is 14.6 Å². The number of hydrogen-bond donors (Lipinski definition) is 2. The van der Waals surface area contributed by atoms with Crippen LogP contribution in [0.1, 0.15) is 36.5 Å². The summed E-state index contributed by atoms with van der Waals surface area (Å²) in [6.45, 7) is 4.48. The van der Waals surface area contributed by atoms with Crippen LogP contribution in [0.2, 0.25) is 0 Å². The fourth-order valence-corrected chi connectivity index (χ4v) is 2.41. The molecule has 0 bridgehead atoms. The zero-order valence-corrected chi connectivity index (χ0v) is 11.7. The number of piperidine rings is 1. The monoisotopic (exact) mass is 279 g/mol. The normalized spacial score (nSPS) is 19.1. The molecule has 6 heteroatoms. The average molecular weight is 279 g/mol. The Bertz CT molecular complexity index is 479. The van der Waals surface area contributed by atoms with Crippen molar-refractivity contribution in [1.82, 2.24) is 4.98 Å². The first kappa shape index (κ1) is 14.6. The van der Waals surface area contributed by atoms with Gasteiger partial charge in [0.1, 0.15) is 0 Å². The maximum Gasteiger partial charge on any atom is 0.337 e. The molecule has 0 spiro atoms. The molecule has 1 fully saturated rings. The fraction of sp³-hybridized carbons (Fsp3) is 0.571. The molecular weight excluding hydrogens is 258 g/mol. The molecule has 2 rings (SSSR count). The Morgan fingerprint density at radius 1 is 1.65 bits per heavy atom. The van der Waals surface area contributed by atoms with Crippen molar-refractivity contribution in [3.63, 3.8) is 0 Å². The highest BCUT2D eigenvalue weighted by molar-refractivity contribution is 5.89. The third-order valence-electron chi connectivity index (χ3n) is 3.38. The number of ether oxygens (including phenoxy) is 1. The number of rotatable bonds is 5. The minimum Gasteiger partial charge on any atom is -0.478 e. The number of nitrogens with two attached hydrogens (primary N) is 1. The van der Waals surface area contributed by atoms with Crippen LogP contribution >= 0.6 is 0 Å². The molecule has 110 valence electrons. The van der Waals surface area contributed by atoms with E-state index in [1.54, 1.807) is 0 Å². The van der Waals surface area contributed by atoms with Gasteiger partial charge in [0.2, 0.25) is 0 Å². The summed E-state index contributed by atoms with van der Waals surface area (Å²) in [5.41, 5.74) is 6.44. The number of aromatic nitrogens is 1. The topological polar surface area (TPSA) is 88.7 Å². The summed E-state index contributed by atoms with van der Waals surface area (Å²) in [6.07, 6.45) is 4.62. The van der Waals surface area contributed by atoms with Crippen molar-refractivity contribution in [3.05, 3.63) is 17.8 Å². The van der Waals surface area contributed by atoms with Crippen molar-refractivity contribution in [1.29, 1.82) is 0 Å². The molecule has 0 aliphatic carbocycles. The number of pyridine rings is 1. The number of carbonyl (C=O) groups is 1. The Hall–Kier alpha value is -1.82. The molecule has 20 heavy (non-hydrogen) atoms. The van der Waals surface area contributed by atoms with E-state index in [9.17, 15) is 4.79 Å². The van der Waals surface area contributed by atoms with Crippen molar-refractivity contribution in [3.8, 4) is 0 Å². The first-order chi connectivity index (χ1) is 9.61. The van der Waals surface area contributed by atoms with Crippen LogP contribution in [0.15, 0.2) is 12.3 Å². The van der Waals surface area contributed by atoms with Gasteiger partial charge in [0.05, 0.1) is 17.4 Å². The minimum absolute atomic E-state index is 0.113. The summed E-state index contributed by atoms with van der Waals surface area (Å²) in [5, 5.41) is 8.92. The van der Waals surface area contributed by atoms with Gasteiger partial charge < -0.3 is 20.5 Å². The number of carboxylic acid groups (broad SMARTS) is 1. The molecule has 3 N–H and O–H groups in total. The number of aromatic carboxylic acids is 1. The quantitative estimate of drug-likeness (QED) is 0.853. The summed E-state index contributed by atoms with van der Waals surface area (Å²) >= 11 is 0. The van der Waals surface area contributed by atoms with Gasteiger partial charge in [0.25, 0.3) is 0 Å². The molecule has 1 aromatic heterocycles. The maximum absolute atomic E-state index is 10.9. The maximum atomic E-state index is 10.9. The van der Waals surface area contributed by atoms with Gasteiger partial charge in [-0.2, -0.15) is 0 Å². The highest BCUT2D eigenvalue weighted by Gasteiger charge is 2.23. The van der Waals surface area contributed by atoms with Gasteiger partial charge in [-0.1, -0.05) is 6.92 Å². The van der Waals surface area contributed by atoms with E-state index in [0.29, 0.717) is 11.5 Å². The number of nitrogen functional groups attached to an aromatic ring is 1. The smallest absolute Gasteiger partial charge is 0.337 e. The summed E-state index contributed by atoms with van der Waals surface area (Å²) in [7, 11) is 0. The lowest BCUT2D eigenvalue weighted by molar-refractivity contribution is 0.0439. The van der Waals surface area contributed by atoms with Crippen LogP contribution in [0, 0.1) is 0 Å². The molecule has 0 radical (unpaired) electrons. The first-order valence-corrected chi connectivity index (χ1v) is 6.97. The van der Waals surface area contributed by atoms with E-state index in [2.05, 4.69) is 16.8 Å². The van der Waals surface area contributed by atoms with Gasteiger partial charge in [-0.25, -0.2) is 9.78 Å². The van der Waals surface area contributed by atoms with Crippen molar-refractivity contribution in [2.24, 2.45) is 0 Å². The van der Waals surface area contributed by atoms with Gasteiger partial charge in [0, 0.05) is 25.9 Å². The van der Waals surface area contributed by atoms with E-state index in [4.69, 9.17) is 15.6 Å². The SMILES string of the molecule is CCCOC1CCCN(c2ncc(C(=O)O)cc2N)C1. The highest BCUT2D eigenvalue weighted by atomic mass is 16.5. The molecule has 2 heterocycles. The molecule has 6 nitrogen and oxygen atoms in total. The Kier molecular flexibility index (Phi) is 4.79. The van der Waals surface area contributed by atoms with Crippen LogP contribution in [0.3, 0.4) is 0 Å². The molecule has 0 aromatic carbocycles. The molecule has 1 aliphatic heterocycles. The third-order valence-corrected chi connectivity index (χ3v) is 3.38. The Balaban J connectivity index is 2.08. The number of nitrogens with zero attached hydrogens (tertiary/aromatic N) is 2. The summed E-state index contributed by atoms with van der Waals surface area (Å²) in [4.78, 5) is 17.2. The Morgan fingerprint density at radius 3 is 3.10 bits per heavy atom. The first-order valence-electron chi connectivity index (χ1n) is 6.97. The summed E-state index contributed by atoms with van der Waals surface area (Å²) in [6, 6.07) is 1.46. The predicted octanol–water partition coefficient (Wildman–Crippen LogP) is 1.76. The molecular formula is C14H21N3O3. The van der Waals surface area contributed by atoms with Crippen LogP contribution in [-0.4, -0.2) is 41.9 Å². The zero-order valence-electron chi connectivity index (χ0n) is 11.7. The lowest BCUT2D eigenvalue weighted by Crippen LogP contribution is -2.40. The average Bonchev–Trinajstić information content (AvgIpc) is 2.45. The molecule has 0 saturated carbocycles. The lowest BCUT2D eigenvalue weighted by Gasteiger charge is -2.34. The highest BCUT2D eigenvalue weighted by Crippen LogP contribution is 2.25. The largest absolute Gasteiger partial charge is 0.478 e. The summed E-state index contributed by atoms with van der Waals surface area (Å²) in [5.74, 6) is -0.363. The summed E-state index contributed by atoms with van der Waals surface area (Å²) < 4.78 is 5.78. The lowest BCUT2D eigenvalue weighted by atomic mass is 10.1. The Labute approximate surface area is 118 Å². The van der Waals surface area contributed by atoms with Crippen LogP contribution < -0.4 is 10.6 Å². The van der Waals surface area contributed by atoms with Gasteiger partial charge in [-0.05, 0) is 25.3 Å². The predicted molar refractivity (Wildman–Crippen MR) is 77.1 cm³/mol. The van der Waals surface area contributed by atoms with Crippen LogP contribution in [0.25, 0.3) is 0 Å². The standard InChI is InChI=1S/C14H21N3O3/c1-2-6-20-11-4-3-5-17(9-11)13-12(15)7-10(8-16-13)14(18)19/h7-8,11H,2-6,9,15H2,1H3,(H,18,19). The molecule has 1 atom stereocenters. The second kappa shape index (κ2) is 6.56. The van der Waals surface area contributed by atoms with Crippen LogP contribution in [0.5, 0.6) is 0 Å². The van der Waals surface area contributed by atoms with E-state index >= 15 is 0 Å². The van der Waals surface area contributed by atoms with E-state index < -0.39 is 5.97 Å². The van der Waals surface area contributed by atoms with Gasteiger partial charge in [-0.15, -0.1) is 0 Å². The fourth-order valence-electron chi connectivity index (χ4n) is 2.41. The minimum atomic E-state index is -1.02. The van der Waals surface area contributed by atoms with Gasteiger partial charge >= 0.3 is 5.97 Å². The Morgan fingerprint density at radius 2 is 2.45 bits per heavy atom. The van der Waals surface area contributed by atoms with E-state index in [1.165, 1.54) is 12.3 Å².